The number of carbonyl (C=O) groups is 1. The molecule has 0 spiro atoms. The van der Waals surface area contributed by atoms with Gasteiger partial charge in [-0.15, -0.1) is 0 Å². The quantitative estimate of drug-likeness (QED) is 0.802. The van der Waals surface area contributed by atoms with Crippen molar-refractivity contribution in [2.45, 2.75) is 25.5 Å². The van der Waals surface area contributed by atoms with Crippen molar-refractivity contribution in [3.63, 3.8) is 0 Å². The predicted molar refractivity (Wildman–Crippen MR) is 85.3 cm³/mol. The van der Waals surface area contributed by atoms with E-state index in [0.29, 0.717) is 6.42 Å². The molecule has 0 radical (unpaired) electrons. The molecule has 0 saturated carbocycles. The molecular weight excluding hydrogens is 278 g/mol. The minimum absolute atomic E-state index is 0.217. The first-order chi connectivity index (χ1) is 10.6. The van der Waals surface area contributed by atoms with Crippen molar-refractivity contribution in [3.05, 3.63) is 71.3 Å². The molecule has 2 aromatic rings. The highest BCUT2D eigenvalue weighted by molar-refractivity contribution is 5.75. The van der Waals surface area contributed by atoms with Crippen LogP contribution in [0.5, 0.6) is 0 Å². The van der Waals surface area contributed by atoms with E-state index >= 15 is 0 Å². The Labute approximate surface area is 130 Å². The van der Waals surface area contributed by atoms with Crippen LogP contribution in [0.25, 0.3) is 0 Å². The van der Waals surface area contributed by atoms with Gasteiger partial charge < -0.3 is 15.6 Å². The zero-order valence-electron chi connectivity index (χ0n) is 12.6. The molecule has 0 amide bonds. The van der Waals surface area contributed by atoms with Gasteiger partial charge in [0.05, 0.1) is 12.6 Å². The summed E-state index contributed by atoms with van der Waals surface area (Å²) in [5.74, 6) is -0.690. The summed E-state index contributed by atoms with van der Waals surface area (Å²) in [5, 5.41) is 10.1. The highest BCUT2D eigenvalue weighted by Gasteiger charge is 2.27. The van der Waals surface area contributed by atoms with Gasteiger partial charge in [0.2, 0.25) is 0 Å². The van der Waals surface area contributed by atoms with Gasteiger partial charge in [-0.1, -0.05) is 54.6 Å². The van der Waals surface area contributed by atoms with Crippen LogP contribution in [-0.4, -0.2) is 23.8 Å². The van der Waals surface area contributed by atoms with E-state index in [1.54, 1.807) is 6.92 Å². The maximum atomic E-state index is 11.7. The van der Waals surface area contributed by atoms with Crippen LogP contribution < -0.4 is 5.73 Å². The summed E-state index contributed by atoms with van der Waals surface area (Å²) in [4.78, 5) is 11.7. The fraction of sp³-hybridized carbons (Fsp3) is 0.278. The van der Waals surface area contributed by atoms with Crippen LogP contribution in [0.2, 0.25) is 0 Å². The van der Waals surface area contributed by atoms with E-state index in [1.165, 1.54) is 0 Å². The molecule has 2 aromatic carbocycles. The summed E-state index contributed by atoms with van der Waals surface area (Å²) in [6.45, 7) is 1.91. The first-order valence-corrected chi connectivity index (χ1v) is 7.35. The Morgan fingerprint density at radius 1 is 1.14 bits per heavy atom. The monoisotopic (exact) mass is 299 g/mol. The normalized spacial score (nSPS) is 13.4. The minimum Gasteiger partial charge on any atom is -0.464 e. The molecule has 0 aliphatic rings. The zero-order valence-corrected chi connectivity index (χ0v) is 12.6. The van der Waals surface area contributed by atoms with Crippen molar-refractivity contribution in [2.75, 3.05) is 6.61 Å². The minimum atomic E-state index is -1.36. The topological polar surface area (TPSA) is 72.5 Å². The Balaban J connectivity index is 2.22. The lowest BCUT2D eigenvalue weighted by molar-refractivity contribution is -0.154. The van der Waals surface area contributed by atoms with Crippen LogP contribution in [0.15, 0.2) is 54.6 Å². The van der Waals surface area contributed by atoms with Crippen LogP contribution in [0.1, 0.15) is 29.7 Å². The smallest absolute Gasteiger partial charge is 0.336 e. The standard InChI is InChI=1S/C18H21NO3/c1-2-22-18(21)17(20)16(19)15-11-7-6-10-14(15)12-13-8-4-3-5-9-13/h3-11,16-17,20H,2,12,19H2,1H3/t16-,17+/m0/s1. The van der Waals surface area contributed by atoms with Gasteiger partial charge in [-0.2, -0.15) is 0 Å². The Morgan fingerprint density at radius 2 is 1.77 bits per heavy atom. The molecule has 0 aliphatic carbocycles. The first kappa shape index (κ1) is 16.2. The van der Waals surface area contributed by atoms with Gasteiger partial charge in [-0.25, -0.2) is 4.79 Å². The third kappa shape index (κ3) is 3.93. The van der Waals surface area contributed by atoms with E-state index in [1.807, 2.05) is 54.6 Å². The van der Waals surface area contributed by atoms with Crippen LogP contribution in [-0.2, 0) is 16.0 Å². The average Bonchev–Trinajstić information content (AvgIpc) is 2.55. The molecule has 0 saturated heterocycles. The van der Waals surface area contributed by atoms with Crippen molar-refractivity contribution in [1.82, 2.24) is 0 Å². The van der Waals surface area contributed by atoms with E-state index < -0.39 is 18.1 Å². The van der Waals surface area contributed by atoms with E-state index in [0.717, 1.165) is 16.7 Å². The summed E-state index contributed by atoms with van der Waals surface area (Å²) >= 11 is 0. The molecule has 3 N–H and O–H groups in total. The van der Waals surface area contributed by atoms with Crippen LogP contribution in [0.4, 0.5) is 0 Å². The second-order valence-corrected chi connectivity index (χ2v) is 5.08. The number of nitrogens with two attached hydrogens (primary N) is 1. The summed E-state index contributed by atoms with van der Waals surface area (Å²) in [7, 11) is 0. The van der Waals surface area contributed by atoms with Crippen molar-refractivity contribution in [1.29, 1.82) is 0 Å². The molecule has 0 aliphatic heterocycles. The summed E-state index contributed by atoms with van der Waals surface area (Å²) in [6.07, 6.45) is -0.669. The number of benzene rings is 2. The second-order valence-electron chi connectivity index (χ2n) is 5.08. The largest absolute Gasteiger partial charge is 0.464 e. The molecule has 0 heterocycles. The van der Waals surface area contributed by atoms with Gasteiger partial charge >= 0.3 is 5.97 Å². The van der Waals surface area contributed by atoms with Crippen molar-refractivity contribution >= 4 is 5.97 Å². The highest BCUT2D eigenvalue weighted by atomic mass is 16.5. The molecule has 0 aromatic heterocycles. The third-order valence-corrected chi connectivity index (χ3v) is 3.52. The van der Waals surface area contributed by atoms with Crippen LogP contribution in [0.3, 0.4) is 0 Å². The molecule has 0 bridgehead atoms. The fourth-order valence-electron chi connectivity index (χ4n) is 2.38. The number of esters is 1. The first-order valence-electron chi connectivity index (χ1n) is 7.35. The number of hydrogen-bond acceptors (Lipinski definition) is 4. The van der Waals surface area contributed by atoms with Gasteiger partial charge in [0.1, 0.15) is 0 Å². The molecule has 2 atom stereocenters. The molecule has 0 unspecified atom stereocenters. The number of aliphatic hydroxyl groups is 1. The number of hydrogen-bond donors (Lipinski definition) is 2. The lowest BCUT2D eigenvalue weighted by atomic mass is 9.93. The molecular formula is C18H21NO3. The van der Waals surface area contributed by atoms with Gasteiger partial charge in [-0.05, 0) is 30.0 Å². The van der Waals surface area contributed by atoms with Crippen molar-refractivity contribution < 1.29 is 14.6 Å². The molecule has 4 heteroatoms. The van der Waals surface area contributed by atoms with E-state index in [9.17, 15) is 9.90 Å². The lowest BCUT2D eigenvalue weighted by Crippen LogP contribution is -2.35. The van der Waals surface area contributed by atoms with E-state index in [2.05, 4.69) is 0 Å². The Bertz CT molecular complexity index is 613. The van der Waals surface area contributed by atoms with Crippen molar-refractivity contribution in [2.24, 2.45) is 5.73 Å². The number of ether oxygens (including phenoxy) is 1. The summed E-state index contributed by atoms with van der Waals surface area (Å²) in [6, 6.07) is 16.7. The van der Waals surface area contributed by atoms with E-state index in [-0.39, 0.29) is 6.61 Å². The Kier molecular flexibility index (Phi) is 5.69. The third-order valence-electron chi connectivity index (χ3n) is 3.52. The Hall–Kier alpha value is -2.17. The summed E-state index contributed by atoms with van der Waals surface area (Å²) < 4.78 is 4.84. The van der Waals surface area contributed by atoms with Gasteiger partial charge in [0.25, 0.3) is 0 Å². The van der Waals surface area contributed by atoms with Crippen LogP contribution >= 0.6 is 0 Å². The number of aliphatic hydroxyl groups excluding tert-OH is 1. The van der Waals surface area contributed by atoms with Crippen molar-refractivity contribution in [3.8, 4) is 0 Å². The molecule has 0 fully saturated rings. The SMILES string of the molecule is CCOC(=O)[C@H](O)[C@@H](N)c1ccccc1Cc1ccccc1. The van der Waals surface area contributed by atoms with E-state index in [4.69, 9.17) is 10.5 Å². The highest BCUT2D eigenvalue weighted by Crippen LogP contribution is 2.22. The van der Waals surface area contributed by atoms with Gasteiger partial charge in [-0.3, -0.25) is 0 Å². The fourth-order valence-corrected chi connectivity index (χ4v) is 2.38. The number of carbonyl (C=O) groups excluding carboxylic acids is 1. The Morgan fingerprint density at radius 3 is 2.45 bits per heavy atom. The zero-order chi connectivity index (χ0) is 15.9. The molecule has 4 nitrogen and oxygen atoms in total. The van der Waals surface area contributed by atoms with Crippen LogP contribution in [0, 0.1) is 0 Å². The second kappa shape index (κ2) is 7.73. The summed E-state index contributed by atoms with van der Waals surface area (Å²) in [5.41, 5.74) is 8.97. The lowest BCUT2D eigenvalue weighted by Gasteiger charge is -2.20. The maximum Gasteiger partial charge on any atom is 0.336 e. The number of rotatable bonds is 6. The molecule has 116 valence electrons. The van der Waals surface area contributed by atoms with Gasteiger partial charge in [0, 0.05) is 0 Å². The van der Waals surface area contributed by atoms with Gasteiger partial charge in [0.15, 0.2) is 6.10 Å². The average molecular weight is 299 g/mol. The maximum absolute atomic E-state index is 11.7. The molecule has 2 rings (SSSR count). The molecule has 22 heavy (non-hydrogen) atoms. The predicted octanol–water partition coefficient (Wildman–Crippen LogP) is 2.20.